The number of hydrogen-bond acceptors (Lipinski definition) is 6. The number of ether oxygens (including phenoxy) is 1. The van der Waals surface area contributed by atoms with Crippen LogP contribution in [0.25, 0.3) is 0 Å². The molecule has 3 aliphatic rings. The number of imide groups is 1. The average molecular weight is 538 g/mol. The van der Waals surface area contributed by atoms with Crippen LogP contribution in [0.4, 0.5) is 5.69 Å². The molecule has 3 aromatic carbocycles. The number of carbonyl (C=O) groups excluding carboxylic acids is 5. The van der Waals surface area contributed by atoms with Gasteiger partial charge in [-0.2, -0.15) is 0 Å². The number of fused-ring (bicyclic) bond motifs is 5. The highest BCUT2D eigenvalue weighted by atomic mass is 16.5. The molecule has 40 heavy (non-hydrogen) atoms. The van der Waals surface area contributed by atoms with Crippen LogP contribution in [0.3, 0.4) is 0 Å². The molecule has 1 heterocycles. The predicted molar refractivity (Wildman–Crippen MR) is 144 cm³/mol. The molecule has 1 aliphatic heterocycles. The molecule has 2 bridgehead atoms. The second-order valence-electron chi connectivity index (χ2n) is 10.5. The van der Waals surface area contributed by atoms with E-state index in [1.807, 2.05) is 18.2 Å². The molecule has 5 atom stereocenters. The van der Waals surface area contributed by atoms with Crippen molar-refractivity contribution in [2.75, 3.05) is 11.5 Å². The van der Waals surface area contributed by atoms with Gasteiger partial charge in [0.1, 0.15) is 0 Å². The van der Waals surface area contributed by atoms with Crippen LogP contribution in [0.5, 0.6) is 0 Å². The van der Waals surface area contributed by atoms with Crippen LogP contribution in [0.1, 0.15) is 45.0 Å². The van der Waals surface area contributed by atoms with Gasteiger partial charge in [-0.25, -0.2) is 4.79 Å². The number of amides is 4. The van der Waals surface area contributed by atoms with Crippen molar-refractivity contribution >= 4 is 35.3 Å². The fourth-order valence-corrected chi connectivity index (χ4v) is 6.61. The molecule has 2 N–H and O–H groups in total. The van der Waals surface area contributed by atoms with Gasteiger partial charge in [0.2, 0.25) is 11.8 Å². The standard InChI is InChI=1S/C31H27N3O6/c35-25(32-33-28(36)19-10-5-2-6-11-19)17-40-31(39)20-12-7-13-22(14-20)34-29(37)26-21-15-23(18-8-3-1-4-9-18)24(16-21)27(26)30(34)38/h1-14,21,23-24,26-27H,15-17H2,(H,32,35)(H,33,36)/t21-,23-,24+,26+,27+/m0/s1. The van der Waals surface area contributed by atoms with Gasteiger partial charge in [-0.05, 0) is 66.5 Å². The maximum Gasteiger partial charge on any atom is 0.338 e. The number of hydrazine groups is 1. The Morgan fingerprint density at radius 3 is 2.20 bits per heavy atom. The number of nitrogens with one attached hydrogen (secondary N) is 2. The van der Waals surface area contributed by atoms with Crippen molar-refractivity contribution in [1.82, 2.24) is 10.9 Å². The van der Waals surface area contributed by atoms with E-state index in [1.165, 1.54) is 22.6 Å². The minimum absolute atomic E-state index is 0.0985. The molecule has 9 heteroatoms. The Balaban J connectivity index is 1.09. The van der Waals surface area contributed by atoms with Crippen LogP contribution < -0.4 is 15.8 Å². The van der Waals surface area contributed by atoms with Crippen molar-refractivity contribution in [2.24, 2.45) is 23.7 Å². The second kappa shape index (κ2) is 10.4. The van der Waals surface area contributed by atoms with Crippen LogP contribution in [-0.4, -0.2) is 36.2 Å². The summed E-state index contributed by atoms with van der Waals surface area (Å²) in [6.45, 7) is -0.631. The van der Waals surface area contributed by atoms with E-state index < -0.39 is 24.4 Å². The van der Waals surface area contributed by atoms with Gasteiger partial charge in [-0.3, -0.25) is 34.9 Å². The molecule has 0 spiro atoms. The number of carbonyl (C=O) groups is 5. The Kier molecular flexibility index (Phi) is 6.63. The Morgan fingerprint density at radius 2 is 1.45 bits per heavy atom. The van der Waals surface area contributed by atoms with Gasteiger partial charge >= 0.3 is 5.97 Å². The zero-order valence-corrected chi connectivity index (χ0v) is 21.5. The third-order valence-corrected chi connectivity index (χ3v) is 8.27. The highest BCUT2D eigenvalue weighted by Gasteiger charge is 2.64. The van der Waals surface area contributed by atoms with Crippen LogP contribution in [0.15, 0.2) is 84.9 Å². The fourth-order valence-electron chi connectivity index (χ4n) is 6.61. The summed E-state index contributed by atoms with van der Waals surface area (Å²) in [6, 6.07) is 24.6. The van der Waals surface area contributed by atoms with E-state index >= 15 is 0 Å². The normalized spacial score (nSPS) is 24.5. The van der Waals surface area contributed by atoms with Crippen LogP contribution >= 0.6 is 0 Å². The monoisotopic (exact) mass is 537 g/mol. The van der Waals surface area contributed by atoms with E-state index in [0.717, 1.165) is 12.8 Å². The molecule has 2 saturated carbocycles. The molecule has 9 nitrogen and oxygen atoms in total. The number of nitrogens with zero attached hydrogens (tertiary/aromatic N) is 1. The molecule has 0 unspecified atom stereocenters. The summed E-state index contributed by atoms with van der Waals surface area (Å²) >= 11 is 0. The third kappa shape index (κ3) is 4.53. The highest BCUT2D eigenvalue weighted by molar-refractivity contribution is 6.23. The summed E-state index contributed by atoms with van der Waals surface area (Å²) in [4.78, 5) is 65.1. The predicted octanol–water partition coefficient (Wildman–Crippen LogP) is 3.23. The van der Waals surface area contributed by atoms with Crippen molar-refractivity contribution in [2.45, 2.75) is 18.8 Å². The average Bonchev–Trinajstić information content (AvgIpc) is 3.66. The topological polar surface area (TPSA) is 122 Å². The Bertz CT molecular complexity index is 1490. The van der Waals surface area contributed by atoms with Crippen molar-refractivity contribution in [3.05, 3.63) is 102 Å². The first-order valence-corrected chi connectivity index (χ1v) is 13.3. The SMILES string of the molecule is O=C(COC(=O)c1cccc(N2C(=O)[C@@H]3[C@@H]4C[C@@H]([C@H]3C2=O)[C@H](c2ccccc2)C4)c1)NNC(=O)c1ccccc1. The smallest absolute Gasteiger partial charge is 0.338 e. The maximum atomic E-state index is 13.6. The van der Waals surface area contributed by atoms with E-state index in [1.54, 1.807) is 42.5 Å². The number of anilines is 1. The highest BCUT2D eigenvalue weighted by Crippen LogP contribution is 2.61. The lowest BCUT2D eigenvalue weighted by molar-refractivity contribution is -0.125. The first-order chi connectivity index (χ1) is 19.4. The molecule has 202 valence electrons. The largest absolute Gasteiger partial charge is 0.452 e. The lowest BCUT2D eigenvalue weighted by Crippen LogP contribution is -2.43. The molecule has 0 aromatic heterocycles. The first-order valence-electron chi connectivity index (χ1n) is 13.3. The Morgan fingerprint density at radius 1 is 0.775 bits per heavy atom. The molecule has 4 amide bonds. The van der Waals surface area contributed by atoms with Crippen molar-refractivity contribution in [3.63, 3.8) is 0 Å². The molecule has 2 aliphatic carbocycles. The van der Waals surface area contributed by atoms with Gasteiger partial charge in [-0.15, -0.1) is 0 Å². The lowest BCUT2D eigenvalue weighted by Gasteiger charge is -2.28. The fraction of sp³-hybridized carbons (Fsp3) is 0.258. The van der Waals surface area contributed by atoms with Gasteiger partial charge in [0.15, 0.2) is 6.61 Å². The van der Waals surface area contributed by atoms with E-state index in [4.69, 9.17) is 4.74 Å². The van der Waals surface area contributed by atoms with Crippen molar-refractivity contribution in [3.8, 4) is 0 Å². The molecule has 3 fully saturated rings. The second-order valence-corrected chi connectivity index (χ2v) is 10.5. The van der Waals surface area contributed by atoms with Crippen LogP contribution in [0, 0.1) is 23.7 Å². The van der Waals surface area contributed by atoms with Crippen LogP contribution in [0.2, 0.25) is 0 Å². The summed E-state index contributed by atoms with van der Waals surface area (Å²) in [7, 11) is 0. The molecule has 6 rings (SSSR count). The molecule has 0 radical (unpaired) electrons. The summed E-state index contributed by atoms with van der Waals surface area (Å²) in [6.07, 6.45) is 1.77. The summed E-state index contributed by atoms with van der Waals surface area (Å²) in [5, 5.41) is 0. The van der Waals surface area contributed by atoms with E-state index in [2.05, 4.69) is 23.0 Å². The van der Waals surface area contributed by atoms with Gasteiger partial charge in [0, 0.05) is 5.56 Å². The van der Waals surface area contributed by atoms with Gasteiger partial charge in [-0.1, -0.05) is 54.6 Å². The molecular formula is C31H27N3O6. The number of esters is 1. The Hall–Kier alpha value is -4.79. The quantitative estimate of drug-likeness (QED) is 0.283. The lowest BCUT2D eigenvalue weighted by atomic mass is 9.73. The summed E-state index contributed by atoms with van der Waals surface area (Å²) in [5.74, 6) is -2.62. The van der Waals surface area contributed by atoms with Crippen LogP contribution in [-0.2, 0) is 19.1 Å². The minimum Gasteiger partial charge on any atom is -0.452 e. The van der Waals surface area contributed by atoms with E-state index in [9.17, 15) is 24.0 Å². The van der Waals surface area contributed by atoms with E-state index in [0.29, 0.717) is 11.3 Å². The van der Waals surface area contributed by atoms with Crippen molar-refractivity contribution in [1.29, 1.82) is 0 Å². The zero-order chi connectivity index (χ0) is 27.8. The number of hydrogen-bond donors (Lipinski definition) is 2. The Labute approximate surface area is 230 Å². The van der Waals surface area contributed by atoms with Crippen molar-refractivity contribution < 1.29 is 28.7 Å². The molecular weight excluding hydrogens is 510 g/mol. The van der Waals surface area contributed by atoms with Gasteiger partial charge in [0.25, 0.3) is 11.8 Å². The minimum atomic E-state index is -0.796. The maximum absolute atomic E-state index is 13.6. The third-order valence-electron chi connectivity index (χ3n) is 8.27. The van der Waals surface area contributed by atoms with Gasteiger partial charge < -0.3 is 4.74 Å². The molecule has 1 saturated heterocycles. The number of benzene rings is 3. The van der Waals surface area contributed by atoms with Gasteiger partial charge in [0.05, 0.1) is 23.1 Å². The summed E-state index contributed by atoms with van der Waals surface area (Å²) < 4.78 is 5.09. The zero-order valence-electron chi connectivity index (χ0n) is 21.5. The summed E-state index contributed by atoms with van der Waals surface area (Å²) in [5.41, 5.74) is 6.42. The van der Waals surface area contributed by atoms with E-state index in [-0.39, 0.29) is 47.0 Å². The molecule has 3 aromatic rings. The number of rotatable bonds is 6. The first kappa shape index (κ1) is 25.5.